The quantitative estimate of drug-likeness (QED) is 0.724. The number of fused-ring (bicyclic) bond motifs is 1. The predicted octanol–water partition coefficient (Wildman–Crippen LogP) is 0.602. The van der Waals surface area contributed by atoms with Crippen LogP contribution in [0.3, 0.4) is 0 Å². The Bertz CT molecular complexity index is 581. The normalized spacial score (nSPS) is 10.7. The summed E-state index contributed by atoms with van der Waals surface area (Å²) in [5.74, 6) is 0.833. The van der Waals surface area contributed by atoms with Crippen LogP contribution in [-0.4, -0.2) is 47.3 Å². The van der Waals surface area contributed by atoms with Crippen LogP contribution in [0, 0.1) is 6.92 Å². The van der Waals surface area contributed by atoms with E-state index in [2.05, 4.69) is 20.7 Å². The molecule has 0 aliphatic heterocycles. The van der Waals surface area contributed by atoms with Crippen molar-refractivity contribution in [3.05, 3.63) is 24.0 Å². The highest BCUT2D eigenvalue weighted by Crippen LogP contribution is 2.12. The number of carbonyl (C=O) groups excluding carboxylic acids is 1. The largest absolute Gasteiger partial charge is 0.383 e. The number of aryl methyl sites for hydroxylation is 1. The molecule has 0 saturated heterocycles. The molecule has 0 spiro atoms. The van der Waals surface area contributed by atoms with E-state index in [1.165, 1.54) is 6.33 Å². The molecule has 0 aromatic carbocycles. The fourth-order valence-corrected chi connectivity index (χ4v) is 1.87. The van der Waals surface area contributed by atoms with Crippen molar-refractivity contribution in [3.63, 3.8) is 0 Å². The molecule has 2 heterocycles. The van der Waals surface area contributed by atoms with Gasteiger partial charge < -0.3 is 15.4 Å². The summed E-state index contributed by atoms with van der Waals surface area (Å²) in [5.41, 5.74) is 1.88. The minimum Gasteiger partial charge on any atom is -0.383 e. The second-order valence-corrected chi connectivity index (χ2v) is 4.47. The first-order chi connectivity index (χ1) is 9.70. The highest BCUT2D eigenvalue weighted by atomic mass is 16.5. The summed E-state index contributed by atoms with van der Waals surface area (Å²) in [7, 11) is 1.61. The van der Waals surface area contributed by atoms with E-state index in [0.717, 1.165) is 17.0 Å². The predicted molar refractivity (Wildman–Crippen MR) is 75.7 cm³/mol. The van der Waals surface area contributed by atoms with Crippen LogP contribution in [-0.2, 0) is 9.53 Å². The van der Waals surface area contributed by atoms with Gasteiger partial charge in [-0.1, -0.05) is 0 Å². The molecule has 2 aromatic rings. The summed E-state index contributed by atoms with van der Waals surface area (Å²) in [6.45, 7) is 3.60. The van der Waals surface area contributed by atoms with Crippen LogP contribution in [0.5, 0.6) is 0 Å². The Morgan fingerprint density at radius 1 is 1.40 bits per heavy atom. The van der Waals surface area contributed by atoms with Crippen molar-refractivity contribution in [1.29, 1.82) is 0 Å². The maximum absolute atomic E-state index is 11.5. The van der Waals surface area contributed by atoms with Gasteiger partial charge in [-0.25, -0.2) is 4.98 Å². The van der Waals surface area contributed by atoms with Crippen LogP contribution in [0.2, 0.25) is 0 Å². The Kier molecular flexibility index (Phi) is 4.89. The van der Waals surface area contributed by atoms with Crippen molar-refractivity contribution in [2.24, 2.45) is 0 Å². The zero-order valence-electron chi connectivity index (χ0n) is 11.7. The lowest BCUT2D eigenvalue weighted by Gasteiger charge is -2.09. The van der Waals surface area contributed by atoms with E-state index >= 15 is 0 Å². The van der Waals surface area contributed by atoms with Crippen LogP contribution in [0.25, 0.3) is 5.65 Å². The van der Waals surface area contributed by atoms with Gasteiger partial charge in [-0.3, -0.25) is 4.79 Å². The topological polar surface area (TPSA) is 80.5 Å². The molecular formula is C13H19N5O2. The van der Waals surface area contributed by atoms with Crippen molar-refractivity contribution in [2.45, 2.75) is 13.3 Å². The molecule has 0 aliphatic carbocycles. The van der Waals surface area contributed by atoms with Crippen molar-refractivity contribution in [2.75, 3.05) is 32.1 Å². The molecule has 0 fully saturated rings. The minimum atomic E-state index is -0.00274. The number of nitrogens with zero attached hydrogens (tertiary/aromatic N) is 3. The average molecular weight is 277 g/mol. The average Bonchev–Trinajstić information content (AvgIpc) is 2.87. The third-order valence-electron chi connectivity index (χ3n) is 2.81. The van der Waals surface area contributed by atoms with E-state index in [9.17, 15) is 4.79 Å². The van der Waals surface area contributed by atoms with Gasteiger partial charge >= 0.3 is 0 Å². The monoisotopic (exact) mass is 277 g/mol. The van der Waals surface area contributed by atoms with Crippen molar-refractivity contribution in [3.8, 4) is 0 Å². The number of carbonyl (C=O) groups is 1. The number of rotatable bonds is 7. The number of hydrogen-bond acceptors (Lipinski definition) is 5. The molecule has 0 unspecified atom stereocenters. The van der Waals surface area contributed by atoms with E-state index in [0.29, 0.717) is 26.1 Å². The minimum absolute atomic E-state index is 0.00274. The molecule has 0 aliphatic rings. The molecule has 0 bridgehead atoms. The second kappa shape index (κ2) is 6.85. The van der Waals surface area contributed by atoms with E-state index in [1.807, 2.05) is 19.1 Å². The molecule has 7 nitrogen and oxygen atoms in total. The highest BCUT2D eigenvalue weighted by Gasteiger charge is 2.05. The summed E-state index contributed by atoms with van der Waals surface area (Å²) < 4.78 is 6.59. The lowest BCUT2D eigenvalue weighted by atomic mass is 10.3. The van der Waals surface area contributed by atoms with Gasteiger partial charge in [0, 0.05) is 26.6 Å². The number of aromatic nitrogens is 3. The van der Waals surface area contributed by atoms with E-state index in [-0.39, 0.29) is 5.91 Å². The Morgan fingerprint density at radius 2 is 2.25 bits per heavy atom. The molecule has 20 heavy (non-hydrogen) atoms. The lowest BCUT2D eigenvalue weighted by Crippen LogP contribution is -2.28. The van der Waals surface area contributed by atoms with Crippen LogP contribution >= 0.6 is 0 Å². The van der Waals surface area contributed by atoms with Gasteiger partial charge in [0.25, 0.3) is 0 Å². The Hall–Kier alpha value is -2.15. The summed E-state index contributed by atoms with van der Waals surface area (Å²) in [6, 6.07) is 3.93. The van der Waals surface area contributed by atoms with Crippen molar-refractivity contribution >= 4 is 17.4 Å². The number of amides is 1. The molecule has 108 valence electrons. The Morgan fingerprint density at radius 3 is 3.05 bits per heavy atom. The Labute approximate surface area is 117 Å². The SMILES string of the molecule is COCCNC(=O)CCNc1cc(C)cc2ncnn12. The smallest absolute Gasteiger partial charge is 0.221 e. The maximum Gasteiger partial charge on any atom is 0.221 e. The molecule has 1 amide bonds. The number of hydrogen-bond donors (Lipinski definition) is 2. The van der Waals surface area contributed by atoms with Gasteiger partial charge in [0.2, 0.25) is 5.91 Å². The van der Waals surface area contributed by atoms with Crippen LogP contribution in [0.4, 0.5) is 5.82 Å². The van der Waals surface area contributed by atoms with E-state index < -0.39 is 0 Å². The van der Waals surface area contributed by atoms with Gasteiger partial charge in [0.15, 0.2) is 5.65 Å². The maximum atomic E-state index is 11.5. The van der Waals surface area contributed by atoms with Gasteiger partial charge in [-0.15, -0.1) is 0 Å². The van der Waals surface area contributed by atoms with Crippen LogP contribution in [0.1, 0.15) is 12.0 Å². The van der Waals surface area contributed by atoms with Crippen molar-refractivity contribution < 1.29 is 9.53 Å². The van der Waals surface area contributed by atoms with Gasteiger partial charge in [-0.05, 0) is 24.6 Å². The first-order valence-corrected chi connectivity index (χ1v) is 6.50. The summed E-state index contributed by atoms with van der Waals surface area (Å²) in [4.78, 5) is 15.7. The third-order valence-corrected chi connectivity index (χ3v) is 2.81. The van der Waals surface area contributed by atoms with E-state index in [1.54, 1.807) is 11.6 Å². The summed E-state index contributed by atoms with van der Waals surface area (Å²) in [6.07, 6.45) is 1.91. The fourth-order valence-electron chi connectivity index (χ4n) is 1.87. The molecule has 7 heteroatoms. The number of pyridine rings is 1. The fraction of sp³-hybridized carbons (Fsp3) is 0.462. The summed E-state index contributed by atoms with van der Waals surface area (Å²) in [5, 5.41) is 10.1. The number of ether oxygens (including phenoxy) is 1. The van der Waals surface area contributed by atoms with Crippen LogP contribution in [0.15, 0.2) is 18.5 Å². The second-order valence-electron chi connectivity index (χ2n) is 4.47. The number of anilines is 1. The van der Waals surface area contributed by atoms with Gasteiger partial charge in [0.05, 0.1) is 6.61 Å². The van der Waals surface area contributed by atoms with E-state index in [4.69, 9.17) is 4.74 Å². The zero-order chi connectivity index (χ0) is 14.4. The molecule has 0 atom stereocenters. The number of methoxy groups -OCH3 is 1. The van der Waals surface area contributed by atoms with Gasteiger partial charge in [-0.2, -0.15) is 9.61 Å². The Balaban J connectivity index is 1.86. The van der Waals surface area contributed by atoms with Crippen LogP contribution < -0.4 is 10.6 Å². The molecule has 0 radical (unpaired) electrons. The highest BCUT2D eigenvalue weighted by molar-refractivity contribution is 5.76. The van der Waals surface area contributed by atoms with Gasteiger partial charge in [0.1, 0.15) is 12.1 Å². The number of nitrogens with one attached hydrogen (secondary N) is 2. The lowest BCUT2D eigenvalue weighted by molar-refractivity contribution is -0.121. The molecular weight excluding hydrogens is 258 g/mol. The first kappa shape index (κ1) is 14.3. The molecule has 2 rings (SSSR count). The molecule has 0 saturated carbocycles. The summed E-state index contributed by atoms with van der Waals surface area (Å²) >= 11 is 0. The zero-order valence-corrected chi connectivity index (χ0v) is 11.7. The van der Waals surface area contributed by atoms with Crippen molar-refractivity contribution in [1.82, 2.24) is 19.9 Å². The standard InChI is InChI=1S/C13H19N5O2/c1-10-7-11(18-12(8-10)16-9-17-18)14-4-3-13(19)15-5-6-20-2/h7-9,14H,3-6H2,1-2H3,(H,15,19). The molecule has 2 aromatic heterocycles. The third kappa shape index (κ3) is 3.67. The first-order valence-electron chi connectivity index (χ1n) is 6.50. The molecule has 2 N–H and O–H groups in total.